The van der Waals surface area contributed by atoms with Gasteiger partial charge in [0.25, 0.3) is 0 Å². The number of imidazole rings is 1. The van der Waals surface area contributed by atoms with Gasteiger partial charge in [-0.25, -0.2) is 28.7 Å². The third-order valence-electron chi connectivity index (χ3n) is 7.86. The van der Waals surface area contributed by atoms with Crippen molar-refractivity contribution in [3.8, 4) is 11.3 Å². The number of halogens is 2. The van der Waals surface area contributed by atoms with Gasteiger partial charge < -0.3 is 19.5 Å². The average molecular weight is 593 g/mol. The van der Waals surface area contributed by atoms with Gasteiger partial charge in [0.05, 0.1) is 23.9 Å². The smallest absolute Gasteiger partial charge is 0.229 e. The summed E-state index contributed by atoms with van der Waals surface area (Å²) >= 11 is 0. The van der Waals surface area contributed by atoms with Gasteiger partial charge in [0.2, 0.25) is 11.9 Å². The van der Waals surface area contributed by atoms with Gasteiger partial charge in [-0.05, 0) is 57.9 Å². The normalized spacial score (nSPS) is 17.5. The van der Waals surface area contributed by atoms with E-state index in [9.17, 15) is 9.18 Å². The van der Waals surface area contributed by atoms with Crippen molar-refractivity contribution < 1.29 is 18.3 Å². The van der Waals surface area contributed by atoms with Crippen molar-refractivity contribution in [3.05, 3.63) is 59.7 Å². The Hall–Kier alpha value is -4.03. The molecule has 1 aliphatic heterocycles. The fraction of sp³-hybridized carbons (Fsp3) is 0.452. The molecular formula is C31H38F2N8O2. The lowest BCUT2D eigenvalue weighted by atomic mass is 9.99. The molecule has 0 saturated carbocycles. The lowest BCUT2D eigenvalue weighted by Gasteiger charge is -2.41. The zero-order valence-electron chi connectivity index (χ0n) is 25.5. The number of hydrogen-bond acceptors (Lipinski definition) is 8. The Balaban J connectivity index is 1.28. The summed E-state index contributed by atoms with van der Waals surface area (Å²) in [7, 11) is 1.80. The molecule has 1 aromatic carbocycles. The molecule has 0 radical (unpaired) electrons. The minimum atomic E-state index is -0.662. The predicted molar refractivity (Wildman–Crippen MR) is 161 cm³/mol. The van der Waals surface area contributed by atoms with E-state index in [1.807, 2.05) is 37.5 Å². The Morgan fingerprint density at radius 2 is 1.95 bits per heavy atom. The number of pyridine rings is 1. The summed E-state index contributed by atoms with van der Waals surface area (Å²) in [5, 5.41) is 3.03. The minimum Gasteiger partial charge on any atom is -0.373 e. The number of carbonyl (C=O) groups is 1. The summed E-state index contributed by atoms with van der Waals surface area (Å²) in [5.41, 5.74) is 1.79. The molecular weight excluding hydrogens is 554 g/mol. The number of nitrogens with one attached hydrogen (secondary N) is 1. The predicted octanol–water partition coefficient (Wildman–Crippen LogP) is 5.26. The van der Waals surface area contributed by atoms with Crippen LogP contribution in [0.25, 0.3) is 22.3 Å². The van der Waals surface area contributed by atoms with Gasteiger partial charge >= 0.3 is 0 Å². The van der Waals surface area contributed by atoms with Crippen LogP contribution in [0.3, 0.4) is 0 Å². The zero-order valence-corrected chi connectivity index (χ0v) is 25.5. The number of morpholine rings is 1. The Bertz CT molecular complexity index is 1620. The number of carbonyl (C=O) groups excluding carboxylic acids is 1. The first-order chi connectivity index (χ1) is 20.4. The highest BCUT2D eigenvalue weighted by molar-refractivity contribution is 5.83. The zero-order chi connectivity index (χ0) is 30.9. The minimum absolute atomic E-state index is 0.0195. The number of benzene rings is 1. The van der Waals surface area contributed by atoms with Gasteiger partial charge in [-0.3, -0.25) is 9.69 Å². The van der Waals surface area contributed by atoms with Crippen LogP contribution in [0.4, 0.5) is 20.5 Å². The van der Waals surface area contributed by atoms with Crippen molar-refractivity contribution in [2.24, 2.45) is 0 Å². The molecule has 43 heavy (non-hydrogen) atoms. The number of aromatic nitrogens is 5. The Morgan fingerprint density at radius 1 is 1.16 bits per heavy atom. The van der Waals surface area contributed by atoms with Gasteiger partial charge in [-0.1, -0.05) is 6.07 Å². The van der Waals surface area contributed by atoms with Gasteiger partial charge in [0, 0.05) is 58.0 Å². The van der Waals surface area contributed by atoms with E-state index in [4.69, 9.17) is 4.74 Å². The van der Waals surface area contributed by atoms with Crippen LogP contribution in [-0.2, 0) is 16.1 Å². The number of rotatable bonds is 9. The molecule has 1 atom stereocenters. The maximum Gasteiger partial charge on any atom is 0.229 e. The summed E-state index contributed by atoms with van der Waals surface area (Å²) in [6.07, 6.45) is 3.60. The summed E-state index contributed by atoms with van der Waals surface area (Å²) in [6.45, 7) is 12.9. The second kappa shape index (κ2) is 12.3. The molecule has 1 amide bonds. The molecule has 1 aliphatic rings. The molecule has 12 heteroatoms. The van der Waals surface area contributed by atoms with E-state index in [0.29, 0.717) is 42.4 Å². The molecule has 0 bridgehead atoms. The van der Waals surface area contributed by atoms with Gasteiger partial charge in [0.15, 0.2) is 11.6 Å². The standard InChI is InChI=1S/C31H38F2N8O2/c1-19(2)41-20(3)36-29-24(32)13-23(14-26(29)41)28-25(33)16-35-30(38-28)37-27-8-7-22(15-34-27)17-40-11-12-43-31(5,18-40)9-10-39(6)21(4)42/h7-8,13-16,19H,9-12,17-18H2,1-6H3,(H,34,35,37,38)/t31-/m1/s1. The van der Waals surface area contributed by atoms with Gasteiger partial charge in [-0.15, -0.1) is 0 Å². The van der Waals surface area contributed by atoms with Crippen LogP contribution >= 0.6 is 0 Å². The summed E-state index contributed by atoms with van der Waals surface area (Å²) in [4.78, 5) is 32.9. The number of nitrogens with zero attached hydrogens (tertiary/aromatic N) is 7. The fourth-order valence-electron chi connectivity index (χ4n) is 5.52. The Kier molecular flexibility index (Phi) is 8.70. The highest BCUT2D eigenvalue weighted by Crippen LogP contribution is 2.30. The third kappa shape index (κ3) is 6.80. The van der Waals surface area contributed by atoms with Crippen molar-refractivity contribution in [2.75, 3.05) is 38.6 Å². The lowest BCUT2D eigenvalue weighted by molar-refractivity contribution is -0.130. The second-order valence-corrected chi connectivity index (χ2v) is 11.7. The first-order valence-electron chi connectivity index (χ1n) is 14.4. The quantitative estimate of drug-likeness (QED) is 0.281. The molecule has 228 valence electrons. The number of amides is 1. The van der Waals surface area contributed by atoms with Crippen molar-refractivity contribution >= 4 is 28.7 Å². The molecule has 0 unspecified atom stereocenters. The van der Waals surface area contributed by atoms with E-state index in [1.54, 1.807) is 31.1 Å². The fourth-order valence-corrected chi connectivity index (χ4v) is 5.52. The van der Waals surface area contributed by atoms with Crippen LogP contribution in [0.1, 0.15) is 51.5 Å². The van der Waals surface area contributed by atoms with E-state index in [1.165, 1.54) is 6.07 Å². The molecule has 0 spiro atoms. The molecule has 1 saturated heterocycles. The molecule has 0 aliphatic carbocycles. The first kappa shape index (κ1) is 30.4. The third-order valence-corrected chi connectivity index (χ3v) is 7.86. The maximum absolute atomic E-state index is 15.0. The van der Waals surface area contributed by atoms with E-state index in [2.05, 4.69) is 37.1 Å². The van der Waals surface area contributed by atoms with Crippen LogP contribution in [-0.4, -0.2) is 79.1 Å². The number of aryl methyl sites for hydroxylation is 1. The molecule has 5 rings (SSSR count). The first-order valence-corrected chi connectivity index (χ1v) is 14.4. The van der Waals surface area contributed by atoms with Gasteiger partial charge in [-0.2, -0.15) is 0 Å². The average Bonchev–Trinajstić information content (AvgIpc) is 3.30. The molecule has 4 aromatic rings. The van der Waals surface area contributed by atoms with Crippen molar-refractivity contribution in [1.29, 1.82) is 0 Å². The highest BCUT2D eigenvalue weighted by Gasteiger charge is 2.32. The molecule has 10 nitrogen and oxygen atoms in total. The van der Waals surface area contributed by atoms with Crippen LogP contribution in [0.5, 0.6) is 0 Å². The molecule has 3 aromatic heterocycles. The van der Waals surface area contributed by atoms with Crippen LogP contribution in [0.15, 0.2) is 36.7 Å². The lowest BCUT2D eigenvalue weighted by Crippen LogP contribution is -2.51. The van der Waals surface area contributed by atoms with Crippen molar-refractivity contribution in [1.82, 2.24) is 34.3 Å². The monoisotopic (exact) mass is 592 g/mol. The Labute approximate surface area is 250 Å². The largest absolute Gasteiger partial charge is 0.373 e. The van der Waals surface area contributed by atoms with E-state index >= 15 is 4.39 Å². The summed E-state index contributed by atoms with van der Waals surface area (Å²) in [6, 6.07) is 6.79. The van der Waals surface area contributed by atoms with Gasteiger partial charge in [0.1, 0.15) is 22.9 Å². The van der Waals surface area contributed by atoms with E-state index < -0.39 is 11.6 Å². The number of fused-ring (bicyclic) bond motifs is 1. The number of ether oxygens (including phenoxy) is 1. The SMILES string of the molecule is CC(=O)N(C)CC[C@]1(C)CN(Cc2ccc(Nc3ncc(F)c(-c4cc(F)c5nc(C)n(C(C)C)c5c4)n3)nc2)CCO1. The highest BCUT2D eigenvalue weighted by atomic mass is 19.1. The van der Waals surface area contributed by atoms with E-state index in [-0.39, 0.29) is 34.7 Å². The number of hydrogen-bond donors (Lipinski definition) is 1. The second-order valence-electron chi connectivity index (χ2n) is 11.7. The summed E-state index contributed by atoms with van der Waals surface area (Å²) < 4.78 is 37.9. The maximum atomic E-state index is 15.0. The van der Waals surface area contributed by atoms with Crippen LogP contribution < -0.4 is 5.32 Å². The van der Waals surface area contributed by atoms with Crippen LogP contribution in [0, 0.1) is 18.6 Å². The molecule has 1 N–H and O–H groups in total. The Morgan fingerprint density at radius 3 is 2.65 bits per heavy atom. The van der Waals surface area contributed by atoms with E-state index in [0.717, 1.165) is 31.3 Å². The molecule has 4 heterocycles. The van der Waals surface area contributed by atoms with Crippen molar-refractivity contribution in [2.45, 2.75) is 59.2 Å². The van der Waals surface area contributed by atoms with Crippen LogP contribution in [0.2, 0.25) is 0 Å². The van der Waals surface area contributed by atoms with Crippen molar-refractivity contribution in [3.63, 3.8) is 0 Å². The topological polar surface area (TPSA) is 101 Å². The molecule has 1 fully saturated rings. The number of anilines is 2. The summed E-state index contributed by atoms with van der Waals surface area (Å²) in [5.74, 6) is 0.162.